The van der Waals surface area contributed by atoms with Gasteiger partial charge in [0.05, 0.1) is 11.3 Å². The molecule has 0 radical (unpaired) electrons. The zero-order valence-corrected chi connectivity index (χ0v) is 17.0. The lowest BCUT2D eigenvalue weighted by Gasteiger charge is -2.07. The van der Waals surface area contributed by atoms with Crippen molar-refractivity contribution in [3.8, 4) is 16.2 Å². The molecule has 0 aliphatic carbocycles. The number of benzene rings is 2. The number of carboxylic acid groups (broad SMARTS) is 2. The molecule has 30 heavy (non-hydrogen) atoms. The van der Waals surface area contributed by atoms with Crippen LogP contribution in [0.2, 0.25) is 5.02 Å². The maximum Gasteiger partial charge on any atom is 0.349 e. The second kappa shape index (κ2) is 9.43. The third kappa shape index (κ3) is 5.16. The van der Waals surface area contributed by atoms with Crippen molar-refractivity contribution in [1.82, 2.24) is 0 Å². The minimum absolute atomic E-state index is 0.0273. The summed E-state index contributed by atoms with van der Waals surface area (Å²) in [6.07, 6.45) is 0.242. The number of carbonyl (C=O) groups is 3. The number of ether oxygens (including phenoxy) is 1. The normalized spacial score (nSPS) is 10.4. The van der Waals surface area contributed by atoms with Gasteiger partial charge in [-0.15, -0.1) is 11.3 Å². The summed E-state index contributed by atoms with van der Waals surface area (Å²) in [4.78, 5) is 34.6. The summed E-state index contributed by atoms with van der Waals surface area (Å²) in [5.41, 5.74) is 2.08. The van der Waals surface area contributed by atoms with Crippen LogP contribution in [0, 0.1) is 0 Å². The standard InChI is InChI=1S/C21H16ClNO6S/c22-17-18(29-11-16(25)26)20(21(27)28)30-19(17)13-6-8-14(9-7-13)23-15(24)10-12-4-2-1-3-5-12/h1-9H,10-11H2,(H,23,24)(H,25,26)(H,27,28). The first-order valence-corrected chi connectivity index (χ1v) is 9.89. The van der Waals surface area contributed by atoms with Crippen LogP contribution in [0.25, 0.3) is 10.4 Å². The van der Waals surface area contributed by atoms with Gasteiger partial charge in [0.25, 0.3) is 0 Å². The van der Waals surface area contributed by atoms with E-state index in [0.29, 0.717) is 16.1 Å². The van der Waals surface area contributed by atoms with E-state index >= 15 is 0 Å². The van der Waals surface area contributed by atoms with Gasteiger partial charge in [-0.25, -0.2) is 9.59 Å². The van der Waals surface area contributed by atoms with Gasteiger partial charge in [-0.05, 0) is 23.3 Å². The number of aliphatic carboxylic acids is 1. The largest absolute Gasteiger partial charge is 0.479 e. The lowest BCUT2D eigenvalue weighted by molar-refractivity contribution is -0.139. The van der Waals surface area contributed by atoms with Crippen molar-refractivity contribution in [3.63, 3.8) is 0 Å². The molecule has 3 aromatic rings. The minimum atomic E-state index is -1.27. The van der Waals surface area contributed by atoms with Gasteiger partial charge in [-0.2, -0.15) is 0 Å². The molecule has 0 spiro atoms. The van der Waals surface area contributed by atoms with E-state index in [1.54, 1.807) is 24.3 Å². The molecule has 0 saturated carbocycles. The first-order chi connectivity index (χ1) is 14.3. The van der Waals surface area contributed by atoms with E-state index in [9.17, 15) is 19.5 Å². The molecular weight excluding hydrogens is 430 g/mol. The predicted molar refractivity (Wildman–Crippen MR) is 114 cm³/mol. The Labute approximate surface area is 180 Å². The molecule has 2 aromatic carbocycles. The maximum atomic E-state index is 12.2. The Bertz CT molecular complexity index is 1080. The Kier molecular flexibility index (Phi) is 6.71. The molecule has 0 bridgehead atoms. The summed E-state index contributed by atoms with van der Waals surface area (Å²) in [5, 5.41) is 21.0. The van der Waals surface area contributed by atoms with Gasteiger partial charge in [0.15, 0.2) is 17.2 Å². The van der Waals surface area contributed by atoms with Crippen molar-refractivity contribution >= 4 is 46.5 Å². The molecule has 0 saturated heterocycles. The highest BCUT2D eigenvalue weighted by Gasteiger charge is 2.24. The van der Waals surface area contributed by atoms with E-state index in [-0.39, 0.29) is 28.0 Å². The molecule has 0 unspecified atom stereocenters. The SMILES string of the molecule is O=C(O)COc1c(C(=O)O)sc(-c2ccc(NC(=O)Cc3ccccc3)cc2)c1Cl. The molecule has 7 nitrogen and oxygen atoms in total. The number of rotatable bonds is 8. The molecule has 3 N–H and O–H groups in total. The van der Waals surface area contributed by atoms with Crippen LogP contribution in [0.5, 0.6) is 5.75 Å². The third-order valence-electron chi connectivity index (χ3n) is 3.98. The second-order valence-electron chi connectivity index (χ2n) is 6.18. The van der Waals surface area contributed by atoms with Crippen molar-refractivity contribution in [2.75, 3.05) is 11.9 Å². The van der Waals surface area contributed by atoms with Crippen molar-refractivity contribution in [2.24, 2.45) is 0 Å². The van der Waals surface area contributed by atoms with Crippen molar-refractivity contribution < 1.29 is 29.3 Å². The summed E-state index contributed by atoms with van der Waals surface area (Å²) in [7, 11) is 0. The number of carboxylic acids is 2. The number of amides is 1. The van der Waals surface area contributed by atoms with Crippen molar-refractivity contribution in [2.45, 2.75) is 6.42 Å². The fraction of sp³-hybridized carbons (Fsp3) is 0.0952. The van der Waals surface area contributed by atoms with Crippen LogP contribution in [0.3, 0.4) is 0 Å². The topological polar surface area (TPSA) is 113 Å². The number of hydrogen-bond donors (Lipinski definition) is 3. The molecule has 9 heteroatoms. The molecule has 0 fully saturated rings. The van der Waals surface area contributed by atoms with Crippen LogP contribution in [0.4, 0.5) is 5.69 Å². The Hall–Kier alpha value is -3.36. The highest BCUT2D eigenvalue weighted by Crippen LogP contribution is 2.45. The number of nitrogens with one attached hydrogen (secondary N) is 1. The van der Waals surface area contributed by atoms with Gasteiger partial charge in [0, 0.05) is 5.69 Å². The minimum Gasteiger partial charge on any atom is -0.479 e. The summed E-state index contributed by atoms with van der Waals surface area (Å²) >= 11 is 7.15. The van der Waals surface area contributed by atoms with E-state index in [1.807, 2.05) is 30.3 Å². The fourth-order valence-corrected chi connectivity index (χ4v) is 4.09. The summed E-state index contributed by atoms with van der Waals surface area (Å²) in [6, 6.07) is 16.1. The van der Waals surface area contributed by atoms with Crippen molar-refractivity contribution in [3.05, 3.63) is 70.1 Å². The molecule has 154 valence electrons. The molecule has 3 rings (SSSR count). The average Bonchev–Trinajstić information content (AvgIpc) is 3.04. The Morgan fingerprint density at radius 2 is 1.67 bits per heavy atom. The lowest BCUT2D eigenvalue weighted by atomic mass is 10.1. The van der Waals surface area contributed by atoms with Crippen LogP contribution < -0.4 is 10.1 Å². The van der Waals surface area contributed by atoms with Crippen LogP contribution in [0.15, 0.2) is 54.6 Å². The number of hydrogen-bond acceptors (Lipinski definition) is 5. The number of anilines is 1. The first kappa shape index (κ1) is 21.4. The molecule has 1 aromatic heterocycles. The van der Waals surface area contributed by atoms with Crippen LogP contribution in [-0.4, -0.2) is 34.7 Å². The lowest BCUT2D eigenvalue weighted by Crippen LogP contribution is -2.14. The Morgan fingerprint density at radius 3 is 2.27 bits per heavy atom. The van der Waals surface area contributed by atoms with Crippen molar-refractivity contribution in [1.29, 1.82) is 0 Å². The van der Waals surface area contributed by atoms with E-state index < -0.39 is 18.5 Å². The molecule has 0 aliphatic rings. The summed E-state index contributed by atoms with van der Waals surface area (Å²) < 4.78 is 5.07. The first-order valence-electron chi connectivity index (χ1n) is 8.69. The quantitative estimate of drug-likeness (QED) is 0.473. The zero-order chi connectivity index (χ0) is 21.7. The molecular formula is C21H16ClNO6S. The van der Waals surface area contributed by atoms with Gasteiger partial charge in [0.1, 0.15) is 5.02 Å². The third-order valence-corrected chi connectivity index (χ3v) is 5.66. The summed E-state index contributed by atoms with van der Waals surface area (Å²) in [5.74, 6) is -2.85. The zero-order valence-electron chi connectivity index (χ0n) is 15.4. The van der Waals surface area contributed by atoms with E-state index in [1.165, 1.54) is 0 Å². The smallest absolute Gasteiger partial charge is 0.349 e. The molecule has 1 amide bonds. The van der Waals surface area contributed by atoms with Gasteiger partial charge in [0.2, 0.25) is 5.91 Å². The number of halogens is 1. The summed E-state index contributed by atoms with van der Waals surface area (Å²) in [6.45, 7) is -0.706. The van der Waals surface area contributed by atoms with E-state index in [4.69, 9.17) is 21.4 Å². The Morgan fingerprint density at radius 1 is 1.00 bits per heavy atom. The predicted octanol–water partition coefficient (Wildman–Crippen LogP) is 4.41. The maximum absolute atomic E-state index is 12.2. The average molecular weight is 446 g/mol. The highest BCUT2D eigenvalue weighted by atomic mass is 35.5. The van der Waals surface area contributed by atoms with Gasteiger partial charge >= 0.3 is 11.9 Å². The highest BCUT2D eigenvalue weighted by molar-refractivity contribution is 7.18. The van der Waals surface area contributed by atoms with Crippen LogP contribution >= 0.6 is 22.9 Å². The second-order valence-corrected chi connectivity index (χ2v) is 7.58. The monoisotopic (exact) mass is 445 g/mol. The molecule has 1 heterocycles. The fourth-order valence-electron chi connectivity index (χ4n) is 2.68. The van der Waals surface area contributed by atoms with Gasteiger partial charge in [-0.3, -0.25) is 4.79 Å². The van der Waals surface area contributed by atoms with Gasteiger partial charge < -0.3 is 20.3 Å². The van der Waals surface area contributed by atoms with Gasteiger partial charge in [-0.1, -0.05) is 54.1 Å². The Balaban J connectivity index is 1.77. The van der Waals surface area contributed by atoms with E-state index in [2.05, 4.69) is 5.32 Å². The number of thiophene rings is 1. The number of carbonyl (C=O) groups excluding carboxylic acids is 1. The van der Waals surface area contributed by atoms with E-state index in [0.717, 1.165) is 16.9 Å². The number of aromatic carboxylic acids is 1. The molecule has 0 atom stereocenters. The molecule has 0 aliphatic heterocycles. The van der Waals surface area contributed by atoms with Crippen LogP contribution in [0.1, 0.15) is 15.2 Å². The van der Waals surface area contributed by atoms with Crippen LogP contribution in [-0.2, 0) is 16.0 Å².